The second-order valence-electron chi connectivity index (χ2n) is 5.61. The summed E-state index contributed by atoms with van der Waals surface area (Å²) in [5.74, 6) is 1.32. The summed E-state index contributed by atoms with van der Waals surface area (Å²) < 4.78 is 2.90. The second-order valence-corrected chi connectivity index (χ2v) is 6.53. The lowest BCUT2D eigenvalue weighted by Crippen LogP contribution is -2.06. The molecule has 0 unspecified atom stereocenters. The van der Waals surface area contributed by atoms with Crippen LogP contribution in [0.1, 0.15) is 43.7 Å². The standard InChI is InChI=1S/C16H20BrN3/c1-20-16(18)14(12-8-5-9-13(17)10-12)15(19-20)11-6-3-2-4-7-11/h5,8-11H,2-4,6-7,18H2,1H3. The second kappa shape index (κ2) is 5.60. The first kappa shape index (κ1) is 13.7. The first-order chi connectivity index (χ1) is 9.66. The van der Waals surface area contributed by atoms with Gasteiger partial charge in [0.1, 0.15) is 5.82 Å². The largest absolute Gasteiger partial charge is 0.383 e. The molecular weight excluding hydrogens is 314 g/mol. The van der Waals surface area contributed by atoms with Gasteiger partial charge in [-0.15, -0.1) is 0 Å². The van der Waals surface area contributed by atoms with Crippen molar-refractivity contribution in [2.24, 2.45) is 7.05 Å². The molecule has 106 valence electrons. The normalized spacial score (nSPS) is 16.5. The van der Waals surface area contributed by atoms with E-state index in [1.807, 2.05) is 17.8 Å². The highest BCUT2D eigenvalue weighted by molar-refractivity contribution is 9.10. The SMILES string of the molecule is Cn1nc(C2CCCCC2)c(-c2cccc(Br)c2)c1N. The summed E-state index contributed by atoms with van der Waals surface area (Å²) in [5.41, 5.74) is 9.74. The fraction of sp³-hybridized carbons (Fsp3) is 0.438. The predicted octanol–water partition coefficient (Wildman–Crippen LogP) is 4.48. The summed E-state index contributed by atoms with van der Waals surface area (Å²) in [6.07, 6.45) is 6.43. The molecule has 3 rings (SSSR count). The van der Waals surface area contributed by atoms with E-state index in [0.29, 0.717) is 5.92 Å². The molecule has 0 spiro atoms. The maximum Gasteiger partial charge on any atom is 0.129 e. The average molecular weight is 334 g/mol. The molecule has 1 aromatic carbocycles. The van der Waals surface area contributed by atoms with E-state index in [0.717, 1.165) is 21.4 Å². The van der Waals surface area contributed by atoms with Gasteiger partial charge in [-0.1, -0.05) is 47.3 Å². The number of hydrogen-bond acceptors (Lipinski definition) is 2. The van der Waals surface area contributed by atoms with E-state index in [1.165, 1.54) is 37.8 Å². The number of aryl methyl sites for hydroxylation is 1. The third-order valence-corrected chi connectivity index (χ3v) is 4.72. The van der Waals surface area contributed by atoms with Gasteiger partial charge in [0.2, 0.25) is 0 Å². The van der Waals surface area contributed by atoms with Crippen LogP contribution in [0.25, 0.3) is 11.1 Å². The summed E-state index contributed by atoms with van der Waals surface area (Å²) >= 11 is 3.54. The Morgan fingerprint density at radius 2 is 2.00 bits per heavy atom. The molecule has 20 heavy (non-hydrogen) atoms. The van der Waals surface area contributed by atoms with Gasteiger partial charge >= 0.3 is 0 Å². The van der Waals surface area contributed by atoms with Crippen molar-refractivity contribution >= 4 is 21.7 Å². The summed E-state index contributed by atoms with van der Waals surface area (Å²) in [4.78, 5) is 0. The minimum atomic E-state index is 0.557. The van der Waals surface area contributed by atoms with Crippen molar-refractivity contribution < 1.29 is 0 Å². The van der Waals surface area contributed by atoms with E-state index in [1.54, 1.807) is 0 Å². The molecule has 1 heterocycles. The number of anilines is 1. The lowest BCUT2D eigenvalue weighted by atomic mass is 9.84. The van der Waals surface area contributed by atoms with Crippen LogP contribution in [-0.2, 0) is 7.05 Å². The molecule has 0 radical (unpaired) electrons. The highest BCUT2D eigenvalue weighted by atomic mass is 79.9. The summed E-state index contributed by atoms with van der Waals surface area (Å²) in [6.45, 7) is 0. The van der Waals surface area contributed by atoms with Crippen molar-refractivity contribution in [2.75, 3.05) is 5.73 Å². The number of nitrogen functional groups attached to an aromatic ring is 1. The highest BCUT2D eigenvalue weighted by Gasteiger charge is 2.24. The van der Waals surface area contributed by atoms with Crippen LogP contribution in [0, 0.1) is 0 Å². The van der Waals surface area contributed by atoms with Crippen molar-refractivity contribution in [3.05, 3.63) is 34.4 Å². The smallest absolute Gasteiger partial charge is 0.129 e. The molecule has 2 N–H and O–H groups in total. The molecule has 1 aromatic heterocycles. The van der Waals surface area contributed by atoms with Crippen LogP contribution in [0.3, 0.4) is 0 Å². The van der Waals surface area contributed by atoms with E-state index >= 15 is 0 Å². The minimum Gasteiger partial charge on any atom is -0.383 e. The van der Waals surface area contributed by atoms with Crippen LogP contribution in [-0.4, -0.2) is 9.78 Å². The fourth-order valence-electron chi connectivity index (χ4n) is 3.16. The topological polar surface area (TPSA) is 43.8 Å². The Kier molecular flexibility index (Phi) is 3.83. The zero-order chi connectivity index (χ0) is 14.1. The van der Waals surface area contributed by atoms with Gasteiger partial charge in [0, 0.05) is 23.0 Å². The molecule has 0 bridgehead atoms. The molecular formula is C16H20BrN3. The molecule has 3 nitrogen and oxygen atoms in total. The lowest BCUT2D eigenvalue weighted by molar-refractivity contribution is 0.434. The molecule has 1 fully saturated rings. The molecule has 0 atom stereocenters. The Labute approximate surface area is 128 Å². The van der Waals surface area contributed by atoms with E-state index < -0.39 is 0 Å². The van der Waals surface area contributed by atoms with E-state index in [9.17, 15) is 0 Å². The number of nitrogens with zero attached hydrogens (tertiary/aromatic N) is 2. The third kappa shape index (κ3) is 2.49. The van der Waals surface area contributed by atoms with Gasteiger partial charge in [0.25, 0.3) is 0 Å². The summed E-state index contributed by atoms with van der Waals surface area (Å²) in [5, 5.41) is 4.72. The van der Waals surface area contributed by atoms with Gasteiger partial charge in [0.05, 0.1) is 5.69 Å². The number of halogens is 1. The van der Waals surface area contributed by atoms with E-state index in [4.69, 9.17) is 10.8 Å². The molecule has 1 saturated carbocycles. The third-order valence-electron chi connectivity index (χ3n) is 4.22. The Morgan fingerprint density at radius 3 is 2.70 bits per heavy atom. The Balaban J connectivity index is 2.09. The zero-order valence-electron chi connectivity index (χ0n) is 11.8. The average Bonchev–Trinajstić information content (AvgIpc) is 2.76. The van der Waals surface area contributed by atoms with Crippen molar-refractivity contribution in [2.45, 2.75) is 38.0 Å². The quantitative estimate of drug-likeness (QED) is 0.880. The fourth-order valence-corrected chi connectivity index (χ4v) is 3.56. The first-order valence-electron chi connectivity index (χ1n) is 7.25. The number of aromatic nitrogens is 2. The number of nitrogens with two attached hydrogens (primary N) is 1. The van der Waals surface area contributed by atoms with Crippen molar-refractivity contribution in [1.82, 2.24) is 9.78 Å². The van der Waals surface area contributed by atoms with Gasteiger partial charge in [-0.05, 0) is 30.5 Å². The van der Waals surface area contributed by atoms with Gasteiger partial charge in [0.15, 0.2) is 0 Å². The summed E-state index contributed by atoms with van der Waals surface area (Å²) in [6, 6.07) is 8.33. The van der Waals surface area contributed by atoms with Crippen LogP contribution < -0.4 is 5.73 Å². The van der Waals surface area contributed by atoms with Crippen molar-refractivity contribution in [1.29, 1.82) is 0 Å². The van der Waals surface area contributed by atoms with Crippen molar-refractivity contribution in [3.63, 3.8) is 0 Å². The van der Waals surface area contributed by atoms with Gasteiger partial charge in [-0.2, -0.15) is 5.10 Å². The summed E-state index contributed by atoms with van der Waals surface area (Å²) in [7, 11) is 1.93. The molecule has 0 saturated heterocycles. The van der Waals surface area contributed by atoms with Crippen LogP contribution in [0.5, 0.6) is 0 Å². The van der Waals surface area contributed by atoms with Crippen LogP contribution >= 0.6 is 15.9 Å². The molecule has 1 aliphatic rings. The highest BCUT2D eigenvalue weighted by Crippen LogP contribution is 2.40. The maximum atomic E-state index is 6.28. The number of benzene rings is 1. The predicted molar refractivity (Wildman–Crippen MR) is 86.6 cm³/mol. The van der Waals surface area contributed by atoms with Gasteiger partial charge in [-0.25, -0.2) is 0 Å². The number of hydrogen-bond donors (Lipinski definition) is 1. The monoisotopic (exact) mass is 333 g/mol. The van der Waals surface area contributed by atoms with Gasteiger partial charge < -0.3 is 5.73 Å². The number of rotatable bonds is 2. The molecule has 4 heteroatoms. The van der Waals surface area contributed by atoms with Crippen molar-refractivity contribution in [3.8, 4) is 11.1 Å². The van der Waals surface area contributed by atoms with Crippen LogP contribution in [0.4, 0.5) is 5.82 Å². The molecule has 2 aromatic rings. The van der Waals surface area contributed by atoms with Crippen LogP contribution in [0.2, 0.25) is 0 Å². The molecule has 1 aliphatic carbocycles. The Bertz CT molecular complexity index is 612. The maximum absolute atomic E-state index is 6.28. The minimum absolute atomic E-state index is 0.557. The van der Waals surface area contributed by atoms with Crippen LogP contribution in [0.15, 0.2) is 28.7 Å². The lowest BCUT2D eigenvalue weighted by Gasteiger charge is -2.21. The zero-order valence-corrected chi connectivity index (χ0v) is 13.4. The van der Waals surface area contributed by atoms with Gasteiger partial charge in [-0.3, -0.25) is 4.68 Å². The first-order valence-corrected chi connectivity index (χ1v) is 8.04. The molecule has 0 amide bonds. The Morgan fingerprint density at radius 1 is 1.25 bits per heavy atom. The van der Waals surface area contributed by atoms with E-state index in [-0.39, 0.29) is 0 Å². The Hall–Kier alpha value is -1.29. The van der Waals surface area contributed by atoms with E-state index in [2.05, 4.69) is 34.1 Å². The molecule has 0 aliphatic heterocycles.